The molecular weight excluding hydrogens is 257 g/mol. The standard InChI is InChI=1S/C16H36NO2.FH/c1-4-5-6-7-8-9-10-11-12-13-14-17(2,3)15-16(18)19;/h16,18-19H,4-15H2,1-3H3;1H/q+1;/p-1. The highest BCUT2D eigenvalue weighted by molar-refractivity contribution is 4.48. The Morgan fingerprint density at radius 3 is 1.55 bits per heavy atom. The highest BCUT2D eigenvalue weighted by atomic mass is 19.0. The Morgan fingerprint density at radius 1 is 0.750 bits per heavy atom. The van der Waals surface area contributed by atoms with E-state index in [9.17, 15) is 0 Å². The molecular formula is C16H36FNO2. The summed E-state index contributed by atoms with van der Waals surface area (Å²) in [4.78, 5) is 0. The van der Waals surface area contributed by atoms with Crippen molar-refractivity contribution in [2.75, 3.05) is 27.2 Å². The maximum absolute atomic E-state index is 8.99. The highest BCUT2D eigenvalue weighted by Gasteiger charge is 2.17. The molecule has 0 amide bonds. The maximum atomic E-state index is 8.99. The summed E-state index contributed by atoms with van der Waals surface area (Å²) in [5.41, 5.74) is 0. The first-order valence-electron chi connectivity index (χ1n) is 8.16. The van der Waals surface area contributed by atoms with Crippen LogP contribution in [0.3, 0.4) is 0 Å². The first-order chi connectivity index (χ1) is 8.98. The molecule has 0 aromatic rings. The molecule has 0 heterocycles. The van der Waals surface area contributed by atoms with Crippen LogP contribution in [0, 0.1) is 0 Å². The maximum Gasteiger partial charge on any atom is 0.202 e. The molecule has 0 radical (unpaired) electrons. The van der Waals surface area contributed by atoms with E-state index in [4.69, 9.17) is 10.2 Å². The van der Waals surface area contributed by atoms with Crippen molar-refractivity contribution in [3.05, 3.63) is 0 Å². The Morgan fingerprint density at radius 2 is 1.15 bits per heavy atom. The number of aliphatic hydroxyl groups excluding tert-OH is 1. The molecule has 4 heteroatoms. The van der Waals surface area contributed by atoms with Crippen molar-refractivity contribution in [3.63, 3.8) is 0 Å². The number of aliphatic hydroxyl groups is 2. The lowest BCUT2D eigenvalue weighted by Crippen LogP contribution is -3.00. The van der Waals surface area contributed by atoms with Gasteiger partial charge in [-0.15, -0.1) is 0 Å². The number of likely N-dealkylation sites (N-methyl/N-ethyl adjacent to an activating group) is 1. The normalized spacial score (nSPS) is 11.7. The summed E-state index contributed by atoms with van der Waals surface area (Å²) < 4.78 is 0.703. The van der Waals surface area contributed by atoms with Crippen LogP contribution in [-0.4, -0.2) is 48.2 Å². The molecule has 20 heavy (non-hydrogen) atoms. The smallest absolute Gasteiger partial charge is 0.202 e. The van der Waals surface area contributed by atoms with E-state index in [2.05, 4.69) is 21.0 Å². The molecule has 0 spiro atoms. The van der Waals surface area contributed by atoms with Crippen molar-refractivity contribution < 1.29 is 19.4 Å². The average Bonchev–Trinajstić information content (AvgIpc) is 2.30. The SMILES string of the molecule is CCCCCCCCCCCC[N+](C)(C)CC(O)O.[F-]. The average molecular weight is 293 g/mol. The van der Waals surface area contributed by atoms with Gasteiger partial charge in [-0.05, 0) is 12.8 Å². The molecule has 0 saturated heterocycles. The Bertz CT molecular complexity index is 199. The molecule has 0 unspecified atom stereocenters. The lowest BCUT2D eigenvalue weighted by Gasteiger charge is -2.30. The molecule has 0 saturated carbocycles. The van der Waals surface area contributed by atoms with Crippen LogP contribution in [0.1, 0.15) is 71.1 Å². The third-order valence-corrected chi connectivity index (χ3v) is 3.77. The van der Waals surface area contributed by atoms with Crippen LogP contribution >= 0.6 is 0 Å². The van der Waals surface area contributed by atoms with Gasteiger partial charge in [-0.2, -0.15) is 0 Å². The Kier molecular flexibility index (Phi) is 15.2. The van der Waals surface area contributed by atoms with Crippen molar-refractivity contribution in [3.8, 4) is 0 Å². The molecule has 124 valence electrons. The van der Waals surface area contributed by atoms with E-state index >= 15 is 0 Å². The van der Waals surface area contributed by atoms with Gasteiger partial charge in [0.05, 0.1) is 20.6 Å². The third kappa shape index (κ3) is 15.9. The minimum Gasteiger partial charge on any atom is -1.00 e. The summed E-state index contributed by atoms with van der Waals surface area (Å²) >= 11 is 0. The zero-order valence-electron chi connectivity index (χ0n) is 13.8. The summed E-state index contributed by atoms with van der Waals surface area (Å²) in [6, 6.07) is 0. The van der Waals surface area contributed by atoms with Gasteiger partial charge in [-0.1, -0.05) is 58.3 Å². The fourth-order valence-corrected chi connectivity index (χ4v) is 2.56. The van der Waals surface area contributed by atoms with Crippen LogP contribution in [0.25, 0.3) is 0 Å². The summed E-state index contributed by atoms with van der Waals surface area (Å²) in [6.07, 6.45) is 12.3. The van der Waals surface area contributed by atoms with Gasteiger partial charge >= 0.3 is 0 Å². The van der Waals surface area contributed by atoms with Gasteiger partial charge in [0.25, 0.3) is 0 Å². The van der Waals surface area contributed by atoms with Crippen molar-refractivity contribution in [2.24, 2.45) is 0 Å². The molecule has 0 rings (SSSR count). The third-order valence-electron chi connectivity index (χ3n) is 3.77. The Hall–Kier alpha value is -0.190. The summed E-state index contributed by atoms with van der Waals surface area (Å²) in [6.45, 7) is 3.72. The van der Waals surface area contributed by atoms with Crippen molar-refractivity contribution in [2.45, 2.75) is 77.4 Å². The van der Waals surface area contributed by atoms with E-state index in [0.717, 1.165) is 6.54 Å². The molecule has 0 fully saturated rings. The number of unbranched alkanes of at least 4 members (excludes halogenated alkanes) is 9. The second kappa shape index (κ2) is 13.8. The van der Waals surface area contributed by atoms with Gasteiger partial charge < -0.3 is 19.4 Å². The van der Waals surface area contributed by atoms with Crippen molar-refractivity contribution in [1.82, 2.24) is 0 Å². The van der Waals surface area contributed by atoms with Crippen molar-refractivity contribution in [1.29, 1.82) is 0 Å². The Balaban J connectivity index is 0. The molecule has 0 aromatic carbocycles. The largest absolute Gasteiger partial charge is 1.00 e. The van der Waals surface area contributed by atoms with Crippen LogP contribution in [0.15, 0.2) is 0 Å². The zero-order chi connectivity index (χ0) is 14.6. The van der Waals surface area contributed by atoms with Gasteiger partial charge in [0.1, 0.15) is 6.54 Å². The Labute approximate surface area is 125 Å². The summed E-state index contributed by atoms with van der Waals surface area (Å²) in [5.74, 6) is 0. The molecule has 0 aromatic heterocycles. The molecule has 0 atom stereocenters. The molecule has 0 bridgehead atoms. The number of hydrogen-bond donors (Lipinski definition) is 2. The van der Waals surface area contributed by atoms with Crippen LogP contribution in [-0.2, 0) is 0 Å². The molecule has 0 aliphatic rings. The first kappa shape index (κ1) is 22.1. The zero-order valence-corrected chi connectivity index (χ0v) is 13.8. The predicted octanol–water partition coefficient (Wildman–Crippen LogP) is 0.298. The molecule has 0 aliphatic carbocycles. The van der Waals surface area contributed by atoms with E-state index in [1.54, 1.807) is 0 Å². The second-order valence-corrected chi connectivity index (χ2v) is 6.50. The summed E-state index contributed by atoms with van der Waals surface area (Å²) in [5, 5.41) is 18.0. The number of hydrogen-bond acceptors (Lipinski definition) is 2. The van der Waals surface area contributed by atoms with E-state index in [0.29, 0.717) is 11.0 Å². The fourth-order valence-electron chi connectivity index (χ4n) is 2.56. The molecule has 2 N–H and O–H groups in total. The monoisotopic (exact) mass is 293 g/mol. The quantitative estimate of drug-likeness (QED) is 0.291. The minimum absolute atomic E-state index is 0. The predicted molar refractivity (Wildman–Crippen MR) is 81.9 cm³/mol. The number of quaternary nitrogens is 1. The number of nitrogens with zero attached hydrogens (tertiary/aromatic N) is 1. The molecule has 0 aliphatic heterocycles. The first-order valence-corrected chi connectivity index (χ1v) is 8.16. The van der Waals surface area contributed by atoms with E-state index in [-0.39, 0.29) is 4.70 Å². The van der Waals surface area contributed by atoms with Gasteiger partial charge in [-0.3, -0.25) is 0 Å². The lowest BCUT2D eigenvalue weighted by atomic mass is 10.1. The van der Waals surface area contributed by atoms with Gasteiger partial charge in [0, 0.05) is 0 Å². The van der Waals surface area contributed by atoms with Gasteiger partial charge in [-0.25, -0.2) is 0 Å². The minimum atomic E-state index is -1.18. The number of halogens is 1. The number of rotatable bonds is 13. The van der Waals surface area contributed by atoms with Crippen molar-refractivity contribution >= 4 is 0 Å². The van der Waals surface area contributed by atoms with Gasteiger partial charge in [0.2, 0.25) is 6.29 Å². The topological polar surface area (TPSA) is 40.5 Å². The van der Waals surface area contributed by atoms with Crippen LogP contribution in [0.4, 0.5) is 0 Å². The van der Waals surface area contributed by atoms with Crippen LogP contribution in [0.5, 0.6) is 0 Å². The van der Waals surface area contributed by atoms with Crippen LogP contribution < -0.4 is 4.70 Å². The second-order valence-electron chi connectivity index (χ2n) is 6.50. The fraction of sp³-hybridized carbons (Fsp3) is 1.00. The molecule has 3 nitrogen and oxygen atoms in total. The van der Waals surface area contributed by atoms with E-state index in [1.165, 1.54) is 64.2 Å². The van der Waals surface area contributed by atoms with Gasteiger partial charge in [0.15, 0.2) is 0 Å². The summed E-state index contributed by atoms with van der Waals surface area (Å²) in [7, 11) is 4.13. The van der Waals surface area contributed by atoms with Crippen LogP contribution in [0.2, 0.25) is 0 Å². The van der Waals surface area contributed by atoms with E-state index in [1.807, 2.05) is 0 Å². The lowest BCUT2D eigenvalue weighted by molar-refractivity contribution is -0.896. The highest BCUT2D eigenvalue weighted by Crippen LogP contribution is 2.11. The van der Waals surface area contributed by atoms with E-state index < -0.39 is 6.29 Å².